The minimum Gasteiger partial charge on any atom is -0.458 e. The summed E-state index contributed by atoms with van der Waals surface area (Å²) in [5.74, 6) is 1.93. The van der Waals surface area contributed by atoms with Gasteiger partial charge in [-0.05, 0) is 80.5 Å². The summed E-state index contributed by atoms with van der Waals surface area (Å²) in [4.78, 5) is 24.0. The van der Waals surface area contributed by atoms with Crippen LogP contribution in [0.2, 0.25) is 0 Å². The van der Waals surface area contributed by atoms with Gasteiger partial charge in [0.2, 0.25) is 5.78 Å². The Kier molecular flexibility index (Phi) is 4.73. The molecule has 0 unspecified atom stereocenters. The van der Waals surface area contributed by atoms with Gasteiger partial charge in [0.05, 0.1) is 0 Å². The van der Waals surface area contributed by atoms with Gasteiger partial charge in [-0.3, -0.25) is 9.59 Å². The van der Waals surface area contributed by atoms with Crippen molar-refractivity contribution in [3.8, 4) is 0 Å². The molecule has 0 spiro atoms. The highest BCUT2D eigenvalue weighted by Crippen LogP contribution is 2.68. The van der Waals surface area contributed by atoms with Crippen molar-refractivity contribution in [2.45, 2.75) is 90.6 Å². The van der Waals surface area contributed by atoms with E-state index >= 15 is 0 Å². The summed E-state index contributed by atoms with van der Waals surface area (Å²) in [7, 11) is 0. The lowest BCUT2D eigenvalue weighted by atomic mass is 9.44. The molecule has 0 amide bonds. The molecule has 1 N–H and O–H groups in total. The lowest BCUT2D eigenvalue weighted by molar-refractivity contribution is -0.174. The molecule has 4 aliphatic carbocycles. The fourth-order valence-electron chi connectivity index (χ4n) is 8.06. The molecule has 4 rings (SSSR count). The third-order valence-corrected chi connectivity index (χ3v) is 9.60. The first-order valence-corrected chi connectivity index (χ1v) is 11.1. The maximum absolute atomic E-state index is 12.9. The van der Waals surface area contributed by atoms with E-state index in [0.29, 0.717) is 23.7 Å². The molecule has 4 nitrogen and oxygen atoms in total. The van der Waals surface area contributed by atoms with Crippen molar-refractivity contribution in [1.29, 1.82) is 0 Å². The van der Waals surface area contributed by atoms with E-state index in [2.05, 4.69) is 13.8 Å². The number of ether oxygens (including phenoxy) is 1. The SMILES string of the molecule is CC(=O)OCC(=O)[C@@]1(O)CC[C@@H]2[C@@H]3CC[C@H]4CCCC[C@]4(C)[C@H]3CC[C@]21C. The van der Waals surface area contributed by atoms with Crippen LogP contribution in [-0.2, 0) is 14.3 Å². The molecular formula is C23H36O4. The van der Waals surface area contributed by atoms with E-state index in [9.17, 15) is 14.7 Å². The number of carbonyl (C=O) groups excluding carboxylic acids is 2. The van der Waals surface area contributed by atoms with Crippen molar-refractivity contribution in [2.75, 3.05) is 6.61 Å². The summed E-state index contributed by atoms with van der Waals surface area (Å²) in [6.45, 7) is 5.71. The van der Waals surface area contributed by atoms with E-state index in [-0.39, 0.29) is 17.8 Å². The van der Waals surface area contributed by atoms with Gasteiger partial charge in [-0.1, -0.05) is 26.7 Å². The van der Waals surface area contributed by atoms with Crippen LogP contribution in [0.3, 0.4) is 0 Å². The van der Waals surface area contributed by atoms with Gasteiger partial charge < -0.3 is 9.84 Å². The van der Waals surface area contributed by atoms with Crippen LogP contribution in [-0.4, -0.2) is 29.1 Å². The number of Topliss-reactive ketones (excluding diaryl/α,β-unsaturated/α-hetero) is 1. The molecule has 0 aliphatic heterocycles. The number of hydrogen-bond donors (Lipinski definition) is 1. The minimum absolute atomic E-state index is 0.290. The van der Waals surface area contributed by atoms with Crippen molar-refractivity contribution < 1.29 is 19.4 Å². The standard InChI is InChI=1S/C23H36O4/c1-15(24)27-14-20(25)23(26)13-10-19-17-8-7-16-6-4-5-11-21(16,2)18(17)9-12-22(19,23)3/h16-19,26H,4-14H2,1-3H3/t16-,17-,18+,19-,21+,22-,23+/m1/s1. The largest absolute Gasteiger partial charge is 0.458 e. The lowest BCUT2D eigenvalue weighted by Gasteiger charge is -2.61. The lowest BCUT2D eigenvalue weighted by Crippen LogP contribution is -2.59. The predicted octanol–water partition coefficient (Wildman–Crippen LogP) is 4.28. The average Bonchev–Trinajstić information content (AvgIpc) is 2.91. The van der Waals surface area contributed by atoms with Crippen LogP contribution in [0.25, 0.3) is 0 Å². The van der Waals surface area contributed by atoms with Crippen molar-refractivity contribution in [1.82, 2.24) is 0 Å². The second kappa shape index (κ2) is 6.57. The zero-order chi connectivity index (χ0) is 19.4. The Bertz CT molecular complexity index is 630. The molecule has 0 aromatic heterocycles. The summed E-state index contributed by atoms with van der Waals surface area (Å²) in [5, 5.41) is 11.5. The zero-order valence-corrected chi connectivity index (χ0v) is 17.3. The van der Waals surface area contributed by atoms with Gasteiger partial charge in [0.25, 0.3) is 0 Å². The zero-order valence-electron chi connectivity index (χ0n) is 17.3. The molecule has 0 aromatic rings. The number of aliphatic hydroxyl groups is 1. The van der Waals surface area contributed by atoms with Gasteiger partial charge in [0.15, 0.2) is 6.61 Å². The molecule has 27 heavy (non-hydrogen) atoms. The number of esters is 1. The van der Waals surface area contributed by atoms with E-state index < -0.39 is 11.6 Å². The number of ketones is 1. The molecule has 4 aliphatic rings. The quantitative estimate of drug-likeness (QED) is 0.747. The summed E-state index contributed by atoms with van der Waals surface area (Å²) in [6.07, 6.45) is 11.6. The Morgan fingerprint density at radius 1 is 0.963 bits per heavy atom. The Morgan fingerprint density at radius 2 is 1.70 bits per heavy atom. The summed E-state index contributed by atoms with van der Waals surface area (Å²) < 4.78 is 4.95. The van der Waals surface area contributed by atoms with Crippen LogP contribution in [0.15, 0.2) is 0 Å². The fourth-order valence-corrected chi connectivity index (χ4v) is 8.06. The number of fused-ring (bicyclic) bond motifs is 5. The second-order valence-electron chi connectivity index (χ2n) is 10.5. The van der Waals surface area contributed by atoms with Crippen LogP contribution in [0.4, 0.5) is 0 Å². The van der Waals surface area contributed by atoms with E-state index in [0.717, 1.165) is 31.1 Å². The minimum atomic E-state index is -1.33. The number of carbonyl (C=O) groups is 2. The number of hydrogen-bond acceptors (Lipinski definition) is 4. The third-order valence-electron chi connectivity index (χ3n) is 9.60. The summed E-state index contributed by atoms with van der Waals surface area (Å²) >= 11 is 0. The molecule has 4 fully saturated rings. The normalized spacial score (nSPS) is 48.9. The summed E-state index contributed by atoms with van der Waals surface area (Å²) in [5.41, 5.74) is -1.24. The van der Waals surface area contributed by atoms with Gasteiger partial charge in [-0.15, -0.1) is 0 Å². The Morgan fingerprint density at radius 3 is 2.44 bits per heavy atom. The Hall–Kier alpha value is -0.900. The molecule has 0 aromatic carbocycles. The van der Waals surface area contributed by atoms with Gasteiger partial charge in [-0.25, -0.2) is 0 Å². The third kappa shape index (κ3) is 2.73. The molecule has 4 saturated carbocycles. The smallest absolute Gasteiger partial charge is 0.303 e. The van der Waals surface area contributed by atoms with Crippen LogP contribution >= 0.6 is 0 Å². The first-order chi connectivity index (χ1) is 12.7. The van der Waals surface area contributed by atoms with E-state index in [1.54, 1.807) is 0 Å². The monoisotopic (exact) mass is 376 g/mol. The first kappa shape index (κ1) is 19.4. The van der Waals surface area contributed by atoms with Crippen LogP contribution in [0.5, 0.6) is 0 Å². The molecule has 0 saturated heterocycles. The van der Waals surface area contributed by atoms with Crippen molar-refractivity contribution in [3.63, 3.8) is 0 Å². The van der Waals surface area contributed by atoms with E-state index in [1.165, 1.54) is 45.4 Å². The van der Waals surface area contributed by atoms with E-state index in [1.807, 2.05) is 0 Å². The van der Waals surface area contributed by atoms with Gasteiger partial charge in [0.1, 0.15) is 5.60 Å². The average molecular weight is 377 g/mol. The van der Waals surface area contributed by atoms with Gasteiger partial charge >= 0.3 is 5.97 Å². The van der Waals surface area contributed by atoms with Crippen LogP contribution < -0.4 is 0 Å². The van der Waals surface area contributed by atoms with Crippen molar-refractivity contribution in [3.05, 3.63) is 0 Å². The van der Waals surface area contributed by atoms with Crippen molar-refractivity contribution >= 4 is 11.8 Å². The maximum Gasteiger partial charge on any atom is 0.303 e. The molecule has 152 valence electrons. The Balaban J connectivity index is 1.58. The second-order valence-corrected chi connectivity index (χ2v) is 10.5. The fraction of sp³-hybridized carbons (Fsp3) is 0.913. The highest BCUT2D eigenvalue weighted by molar-refractivity contribution is 5.90. The van der Waals surface area contributed by atoms with E-state index in [4.69, 9.17) is 4.74 Å². The highest BCUT2D eigenvalue weighted by atomic mass is 16.5. The van der Waals surface area contributed by atoms with Gasteiger partial charge in [0, 0.05) is 12.3 Å². The molecule has 4 heteroatoms. The molecular weight excluding hydrogens is 340 g/mol. The highest BCUT2D eigenvalue weighted by Gasteiger charge is 2.66. The van der Waals surface area contributed by atoms with Gasteiger partial charge in [-0.2, -0.15) is 0 Å². The number of rotatable bonds is 3. The topological polar surface area (TPSA) is 63.6 Å². The first-order valence-electron chi connectivity index (χ1n) is 11.1. The molecule has 0 bridgehead atoms. The molecule has 7 atom stereocenters. The molecule has 0 radical (unpaired) electrons. The summed E-state index contributed by atoms with van der Waals surface area (Å²) in [6, 6.07) is 0. The Labute approximate surface area is 163 Å². The van der Waals surface area contributed by atoms with Crippen LogP contribution in [0, 0.1) is 34.5 Å². The molecule has 0 heterocycles. The van der Waals surface area contributed by atoms with Crippen molar-refractivity contribution in [2.24, 2.45) is 34.5 Å². The predicted molar refractivity (Wildman–Crippen MR) is 103 cm³/mol. The maximum atomic E-state index is 12.9. The van der Waals surface area contributed by atoms with Crippen LogP contribution in [0.1, 0.15) is 85.0 Å².